The molecular weight excluding hydrogens is 130 g/mol. The average Bonchev–Trinajstić information content (AvgIpc) is 1.98. The molecule has 0 bridgehead atoms. The summed E-state index contributed by atoms with van der Waals surface area (Å²) in [5.74, 6) is 0. The number of rotatable bonds is 6. The van der Waals surface area contributed by atoms with Crippen LogP contribution in [-0.4, -0.2) is 25.5 Å². The molecule has 0 aromatic rings. The maximum Gasteiger partial charge on any atom is 0.145 e. The SMILES string of the molecule is CCC(CCN)OCC=O. The Hall–Kier alpha value is -0.410. The van der Waals surface area contributed by atoms with E-state index >= 15 is 0 Å². The number of carbonyl (C=O) groups excluding carboxylic acids is 1. The van der Waals surface area contributed by atoms with Gasteiger partial charge in [0.1, 0.15) is 12.9 Å². The third kappa shape index (κ3) is 4.47. The molecule has 0 amide bonds. The number of nitrogens with two attached hydrogens (primary N) is 1. The Bertz CT molecular complexity index is 85.7. The van der Waals surface area contributed by atoms with Crippen LogP contribution in [0.15, 0.2) is 0 Å². The van der Waals surface area contributed by atoms with Crippen LogP contribution >= 0.6 is 0 Å². The Balaban J connectivity index is 3.29. The van der Waals surface area contributed by atoms with Crippen LogP contribution in [0.2, 0.25) is 0 Å². The Labute approximate surface area is 61.5 Å². The third-order valence-electron chi connectivity index (χ3n) is 1.34. The molecule has 60 valence electrons. The molecule has 0 aromatic carbocycles. The molecule has 0 radical (unpaired) electrons. The minimum Gasteiger partial charge on any atom is -0.371 e. The van der Waals surface area contributed by atoms with E-state index in [-0.39, 0.29) is 12.7 Å². The second-order valence-corrected chi connectivity index (χ2v) is 2.11. The van der Waals surface area contributed by atoms with E-state index in [1.807, 2.05) is 6.92 Å². The molecule has 0 rings (SSSR count). The van der Waals surface area contributed by atoms with Crippen LogP contribution in [0, 0.1) is 0 Å². The van der Waals surface area contributed by atoms with E-state index in [1.165, 1.54) is 0 Å². The monoisotopic (exact) mass is 145 g/mol. The number of hydrogen-bond acceptors (Lipinski definition) is 3. The van der Waals surface area contributed by atoms with E-state index in [0.717, 1.165) is 19.1 Å². The largest absolute Gasteiger partial charge is 0.371 e. The van der Waals surface area contributed by atoms with Crippen LogP contribution in [0.3, 0.4) is 0 Å². The molecule has 1 atom stereocenters. The van der Waals surface area contributed by atoms with Gasteiger partial charge in [0.05, 0.1) is 6.10 Å². The molecule has 3 nitrogen and oxygen atoms in total. The molecule has 0 heterocycles. The molecule has 0 saturated heterocycles. The third-order valence-corrected chi connectivity index (χ3v) is 1.34. The lowest BCUT2D eigenvalue weighted by Crippen LogP contribution is -2.17. The van der Waals surface area contributed by atoms with E-state index in [2.05, 4.69) is 0 Å². The molecule has 0 saturated carbocycles. The Morgan fingerprint density at radius 3 is 2.80 bits per heavy atom. The molecule has 1 unspecified atom stereocenters. The van der Waals surface area contributed by atoms with Crippen LogP contribution in [0.4, 0.5) is 0 Å². The summed E-state index contributed by atoms with van der Waals surface area (Å²) in [5.41, 5.74) is 5.31. The Morgan fingerprint density at radius 2 is 2.40 bits per heavy atom. The molecule has 10 heavy (non-hydrogen) atoms. The van der Waals surface area contributed by atoms with Crippen molar-refractivity contribution in [1.82, 2.24) is 0 Å². The van der Waals surface area contributed by atoms with Crippen molar-refractivity contribution in [2.45, 2.75) is 25.9 Å². The molecule has 0 aliphatic carbocycles. The van der Waals surface area contributed by atoms with Crippen molar-refractivity contribution >= 4 is 6.29 Å². The van der Waals surface area contributed by atoms with Crippen molar-refractivity contribution in [3.05, 3.63) is 0 Å². The van der Waals surface area contributed by atoms with Gasteiger partial charge in [0.15, 0.2) is 0 Å². The van der Waals surface area contributed by atoms with Crippen molar-refractivity contribution in [1.29, 1.82) is 0 Å². The van der Waals surface area contributed by atoms with Gasteiger partial charge >= 0.3 is 0 Å². The summed E-state index contributed by atoms with van der Waals surface area (Å²) < 4.78 is 5.13. The van der Waals surface area contributed by atoms with Crippen LogP contribution in [0.1, 0.15) is 19.8 Å². The van der Waals surface area contributed by atoms with E-state index in [1.54, 1.807) is 0 Å². The summed E-state index contributed by atoms with van der Waals surface area (Å²) in [5, 5.41) is 0. The predicted octanol–water partition coefficient (Wildman–Crippen LogP) is 0.329. The number of aldehydes is 1. The van der Waals surface area contributed by atoms with Crippen LogP contribution in [0.5, 0.6) is 0 Å². The highest BCUT2D eigenvalue weighted by atomic mass is 16.5. The number of hydrogen-bond donors (Lipinski definition) is 1. The van der Waals surface area contributed by atoms with Crippen molar-refractivity contribution < 1.29 is 9.53 Å². The van der Waals surface area contributed by atoms with Crippen molar-refractivity contribution in [2.24, 2.45) is 5.73 Å². The second-order valence-electron chi connectivity index (χ2n) is 2.11. The van der Waals surface area contributed by atoms with Gasteiger partial charge in [-0.25, -0.2) is 0 Å². The van der Waals surface area contributed by atoms with Gasteiger partial charge in [-0.3, -0.25) is 0 Å². The van der Waals surface area contributed by atoms with Gasteiger partial charge in [0.2, 0.25) is 0 Å². The summed E-state index contributed by atoms with van der Waals surface area (Å²) in [4.78, 5) is 9.87. The first-order chi connectivity index (χ1) is 4.85. The number of ether oxygens (including phenoxy) is 1. The lowest BCUT2D eigenvalue weighted by molar-refractivity contribution is -0.113. The quantitative estimate of drug-likeness (QED) is 0.548. The van der Waals surface area contributed by atoms with Gasteiger partial charge < -0.3 is 15.3 Å². The molecule has 0 aromatic heterocycles. The highest BCUT2D eigenvalue weighted by Gasteiger charge is 2.02. The fourth-order valence-electron chi connectivity index (χ4n) is 0.767. The highest BCUT2D eigenvalue weighted by Crippen LogP contribution is 2.00. The molecule has 0 fully saturated rings. The van der Waals surface area contributed by atoms with Gasteiger partial charge in [0.25, 0.3) is 0 Å². The van der Waals surface area contributed by atoms with Crippen LogP contribution in [-0.2, 0) is 9.53 Å². The zero-order valence-corrected chi connectivity index (χ0v) is 6.38. The summed E-state index contributed by atoms with van der Waals surface area (Å²) in [6.45, 7) is 2.83. The summed E-state index contributed by atoms with van der Waals surface area (Å²) >= 11 is 0. The van der Waals surface area contributed by atoms with Crippen molar-refractivity contribution in [3.8, 4) is 0 Å². The maximum atomic E-state index is 9.87. The Kier molecular flexibility index (Phi) is 6.43. The standard InChI is InChI=1S/C7H15NO2/c1-2-7(3-4-8)10-6-5-9/h5,7H,2-4,6,8H2,1H3. The first kappa shape index (κ1) is 9.59. The zero-order valence-electron chi connectivity index (χ0n) is 6.38. The lowest BCUT2D eigenvalue weighted by Gasteiger charge is -2.11. The summed E-state index contributed by atoms with van der Waals surface area (Å²) in [6, 6.07) is 0. The topological polar surface area (TPSA) is 52.3 Å². The molecule has 0 aliphatic heterocycles. The molecule has 3 heteroatoms. The van der Waals surface area contributed by atoms with Gasteiger partial charge in [0, 0.05) is 0 Å². The minimum atomic E-state index is 0.162. The first-order valence-electron chi connectivity index (χ1n) is 3.60. The molecule has 0 aliphatic rings. The lowest BCUT2D eigenvalue weighted by atomic mass is 10.2. The van der Waals surface area contributed by atoms with Crippen LogP contribution in [0.25, 0.3) is 0 Å². The van der Waals surface area contributed by atoms with E-state index in [9.17, 15) is 4.79 Å². The summed E-state index contributed by atoms with van der Waals surface area (Å²) in [7, 11) is 0. The van der Waals surface area contributed by atoms with Gasteiger partial charge in [-0.15, -0.1) is 0 Å². The smallest absolute Gasteiger partial charge is 0.145 e. The minimum absolute atomic E-state index is 0.162. The maximum absolute atomic E-state index is 9.87. The molecular formula is C7H15NO2. The van der Waals surface area contributed by atoms with Gasteiger partial charge in [-0.2, -0.15) is 0 Å². The van der Waals surface area contributed by atoms with Crippen LogP contribution < -0.4 is 5.73 Å². The van der Waals surface area contributed by atoms with E-state index in [4.69, 9.17) is 10.5 Å². The molecule has 2 N–H and O–H groups in total. The van der Waals surface area contributed by atoms with Gasteiger partial charge in [-0.1, -0.05) is 6.92 Å². The van der Waals surface area contributed by atoms with E-state index in [0.29, 0.717) is 6.54 Å². The Morgan fingerprint density at radius 1 is 1.70 bits per heavy atom. The fourth-order valence-corrected chi connectivity index (χ4v) is 0.767. The van der Waals surface area contributed by atoms with Crippen molar-refractivity contribution in [2.75, 3.05) is 13.2 Å². The fraction of sp³-hybridized carbons (Fsp3) is 0.857. The second kappa shape index (κ2) is 6.71. The number of carbonyl (C=O) groups is 1. The highest BCUT2D eigenvalue weighted by molar-refractivity contribution is 5.50. The molecule has 0 spiro atoms. The normalized spacial score (nSPS) is 13.0. The summed E-state index contributed by atoms with van der Waals surface area (Å²) in [6.07, 6.45) is 2.68. The van der Waals surface area contributed by atoms with Crippen molar-refractivity contribution in [3.63, 3.8) is 0 Å². The first-order valence-corrected chi connectivity index (χ1v) is 3.60. The average molecular weight is 145 g/mol. The predicted molar refractivity (Wildman–Crippen MR) is 39.8 cm³/mol. The zero-order chi connectivity index (χ0) is 7.82. The van der Waals surface area contributed by atoms with Gasteiger partial charge in [-0.05, 0) is 19.4 Å². The van der Waals surface area contributed by atoms with E-state index < -0.39 is 0 Å².